The molecule has 1 aliphatic rings. The number of aromatic nitrogens is 2. The molecular formula is C13H18ClN3O2. The Hall–Kier alpha value is -1.36. The average Bonchev–Trinajstić information content (AvgIpc) is 2.27. The molecular weight excluding hydrogens is 266 g/mol. The molecule has 19 heavy (non-hydrogen) atoms. The first-order valence-electron chi connectivity index (χ1n) is 6.26. The van der Waals surface area contributed by atoms with Crippen LogP contribution in [0.4, 0.5) is 4.79 Å². The fourth-order valence-corrected chi connectivity index (χ4v) is 2.28. The smallest absolute Gasteiger partial charge is 0.410 e. The molecule has 0 radical (unpaired) electrons. The first-order chi connectivity index (χ1) is 8.78. The number of nitrogens with zero attached hydrogens (tertiary/aromatic N) is 3. The molecule has 2 rings (SSSR count). The van der Waals surface area contributed by atoms with Crippen molar-refractivity contribution in [2.75, 3.05) is 0 Å². The van der Waals surface area contributed by atoms with E-state index in [0.29, 0.717) is 18.1 Å². The van der Waals surface area contributed by atoms with Gasteiger partial charge in [0.1, 0.15) is 17.1 Å². The lowest BCUT2D eigenvalue weighted by molar-refractivity contribution is 0.0134. The molecule has 0 fully saturated rings. The van der Waals surface area contributed by atoms with Crippen LogP contribution in [0.15, 0.2) is 6.33 Å². The van der Waals surface area contributed by atoms with Crippen molar-refractivity contribution in [1.82, 2.24) is 14.9 Å². The Morgan fingerprint density at radius 1 is 1.47 bits per heavy atom. The zero-order valence-electron chi connectivity index (χ0n) is 11.6. The zero-order chi connectivity index (χ0) is 14.2. The van der Waals surface area contributed by atoms with Crippen LogP contribution in [0.5, 0.6) is 0 Å². The number of hydrogen-bond donors (Lipinski definition) is 0. The molecule has 0 spiro atoms. The monoisotopic (exact) mass is 283 g/mol. The molecule has 104 valence electrons. The van der Waals surface area contributed by atoms with Gasteiger partial charge in [0, 0.05) is 11.6 Å². The minimum atomic E-state index is -0.500. The van der Waals surface area contributed by atoms with Crippen LogP contribution < -0.4 is 0 Å². The van der Waals surface area contributed by atoms with E-state index in [9.17, 15) is 4.79 Å². The molecule has 1 amide bonds. The van der Waals surface area contributed by atoms with Gasteiger partial charge in [-0.15, -0.1) is 0 Å². The van der Waals surface area contributed by atoms with Crippen LogP contribution in [0, 0.1) is 0 Å². The Bertz CT molecular complexity index is 499. The maximum atomic E-state index is 12.1. The van der Waals surface area contributed by atoms with Crippen molar-refractivity contribution >= 4 is 17.7 Å². The van der Waals surface area contributed by atoms with Gasteiger partial charge in [0.2, 0.25) is 0 Å². The Kier molecular flexibility index (Phi) is 3.67. The van der Waals surface area contributed by atoms with Gasteiger partial charge in [-0.25, -0.2) is 14.8 Å². The van der Waals surface area contributed by atoms with Crippen molar-refractivity contribution in [1.29, 1.82) is 0 Å². The van der Waals surface area contributed by atoms with Crippen LogP contribution in [0.25, 0.3) is 0 Å². The van der Waals surface area contributed by atoms with Gasteiger partial charge >= 0.3 is 6.09 Å². The summed E-state index contributed by atoms with van der Waals surface area (Å²) in [6, 6.07) is 0.0193. The lowest BCUT2D eigenvalue weighted by Gasteiger charge is -2.35. The fraction of sp³-hybridized carbons (Fsp3) is 0.615. The first kappa shape index (κ1) is 14.1. The summed E-state index contributed by atoms with van der Waals surface area (Å²) in [5.41, 5.74) is 1.22. The standard InChI is InChI=1S/C13H18ClN3O2/c1-8-5-9-10(15-7-16-11(9)14)6-17(8)12(18)19-13(2,3)4/h7-8H,5-6H2,1-4H3/t8-/m0/s1. The van der Waals surface area contributed by atoms with Gasteiger partial charge in [-0.2, -0.15) is 0 Å². The predicted molar refractivity (Wildman–Crippen MR) is 72.0 cm³/mol. The van der Waals surface area contributed by atoms with Crippen LogP contribution in [-0.4, -0.2) is 32.6 Å². The summed E-state index contributed by atoms with van der Waals surface area (Å²) < 4.78 is 5.40. The fourth-order valence-electron chi connectivity index (χ4n) is 2.05. The van der Waals surface area contributed by atoms with E-state index in [1.165, 1.54) is 6.33 Å². The minimum Gasteiger partial charge on any atom is -0.444 e. The highest BCUT2D eigenvalue weighted by molar-refractivity contribution is 6.30. The lowest BCUT2D eigenvalue weighted by atomic mass is 10.0. The summed E-state index contributed by atoms with van der Waals surface area (Å²) in [4.78, 5) is 22.0. The third-order valence-electron chi connectivity index (χ3n) is 2.96. The Morgan fingerprint density at radius 2 is 2.16 bits per heavy atom. The minimum absolute atomic E-state index is 0.0193. The number of carbonyl (C=O) groups excluding carboxylic acids is 1. The molecule has 1 aromatic heterocycles. The maximum absolute atomic E-state index is 12.1. The Balaban J connectivity index is 2.20. The molecule has 6 heteroatoms. The normalized spacial score (nSPS) is 19.0. The van der Waals surface area contributed by atoms with Crippen LogP contribution in [0.1, 0.15) is 39.0 Å². The first-order valence-corrected chi connectivity index (χ1v) is 6.63. The molecule has 1 atom stereocenters. The summed E-state index contributed by atoms with van der Waals surface area (Å²) >= 11 is 6.06. The number of ether oxygens (including phenoxy) is 1. The second kappa shape index (κ2) is 4.96. The molecule has 0 saturated carbocycles. The highest BCUT2D eigenvalue weighted by atomic mass is 35.5. The summed E-state index contributed by atoms with van der Waals surface area (Å²) in [7, 11) is 0. The van der Waals surface area contributed by atoms with Crippen molar-refractivity contribution in [3.05, 3.63) is 22.7 Å². The highest BCUT2D eigenvalue weighted by Gasteiger charge is 2.32. The second-order valence-electron chi connectivity index (χ2n) is 5.75. The second-order valence-corrected chi connectivity index (χ2v) is 6.11. The van der Waals surface area contributed by atoms with Crippen LogP contribution in [0.2, 0.25) is 5.15 Å². The third-order valence-corrected chi connectivity index (χ3v) is 3.29. The molecule has 0 bridgehead atoms. The van der Waals surface area contributed by atoms with Crippen LogP contribution >= 0.6 is 11.6 Å². The molecule has 0 saturated heterocycles. The van der Waals surface area contributed by atoms with Gasteiger partial charge in [0.25, 0.3) is 0 Å². The van der Waals surface area contributed by atoms with Crippen molar-refractivity contribution in [3.8, 4) is 0 Å². The number of carbonyl (C=O) groups is 1. The van der Waals surface area contributed by atoms with E-state index in [0.717, 1.165) is 11.3 Å². The lowest BCUT2D eigenvalue weighted by Crippen LogP contribution is -2.45. The average molecular weight is 284 g/mol. The van der Waals surface area contributed by atoms with Crippen molar-refractivity contribution in [2.45, 2.75) is 52.3 Å². The molecule has 0 aromatic carbocycles. The predicted octanol–water partition coefficient (Wildman–Crippen LogP) is 2.81. The summed E-state index contributed by atoms with van der Waals surface area (Å²) in [5.74, 6) is 0. The molecule has 5 nitrogen and oxygen atoms in total. The number of rotatable bonds is 0. The molecule has 0 N–H and O–H groups in total. The SMILES string of the molecule is C[C@H]1Cc2c(Cl)ncnc2CN1C(=O)OC(C)(C)C. The van der Waals surface area contributed by atoms with Gasteiger partial charge in [-0.1, -0.05) is 11.6 Å². The van der Waals surface area contributed by atoms with Crippen molar-refractivity contribution < 1.29 is 9.53 Å². The van der Waals surface area contributed by atoms with E-state index in [1.54, 1.807) is 4.90 Å². The highest BCUT2D eigenvalue weighted by Crippen LogP contribution is 2.27. The molecule has 1 aromatic rings. The van der Waals surface area contributed by atoms with Gasteiger partial charge in [-0.3, -0.25) is 4.90 Å². The molecule has 2 heterocycles. The van der Waals surface area contributed by atoms with Gasteiger partial charge < -0.3 is 4.74 Å². The number of halogens is 1. The molecule has 0 unspecified atom stereocenters. The van der Waals surface area contributed by atoms with E-state index < -0.39 is 5.60 Å². The summed E-state index contributed by atoms with van der Waals surface area (Å²) in [6.07, 6.45) is 1.75. The summed E-state index contributed by atoms with van der Waals surface area (Å²) in [5, 5.41) is 0.473. The van der Waals surface area contributed by atoms with E-state index in [1.807, 2.05) is 27.7 Å². The zero-order valence-corrected chi connectivity index (χ0v) is 12.4. The van der Waals surface area contributed by atoms with Gasteiger partial charge in [-0.05, 0) is 34.1 Å². The van der Waals surface area contributed by atoms with Crippen LogP contribution in [-0.2, 0) is 17.7 Å². The Morgan fingerprint density at radius 3 is 2.79 bits per heavy atom. The van der Waals surface area contributed by atoms with E-state index in [2.05, 4.69) is 9.97 Å². The van der Waals surface area contributed by atoms with Gasteiger partial charge in [0.15, 0.2) is 0 Å². The van der Waals surface area contributed by atoms with E-state index in [4.69, 9.17) is 16.3 Å². The quantitative estimate of drug-likeness (QED) is 0.687. The Labute approximate surface area is 117 Å². The number of amides is 1. The van der Waals surface area contributed by atoms with Crippen LogP contribution in [0.3, 0.4) is 0 Å². The molecule has 0 aliphatic carbocycles. The van der Waals surface area contributed by atoms with E-state index in [-0.39, 0.29) is 12.1 Å². The van der Waals surface area contributed by atoms with Crippen molar-refractivity contribution in [3.63, 3.8) is 0 Å². The topological polar surface area (TPSA) is 55.3 Å². The largest absolute Gasteiger partial charge is 0.444 e. The maximum Gasteiger partial charge on any atom is 0.410 e. The number of hydrogen-bond acceptors (Lipinski definition) is 4. The van der Waals surface area contributed by atoms with Gasteiger partial charge in [0.05, 0.1) is 12.2 Å². The summed E-state index contributed by atoms with van der Waals surface area (Å²) in [6.45, 7) is 7.94. The van der Waals surface area contributed by atoms with Crippen molar-refractivity contribution in [2.24, 2.45) is 0 Å². The third kappa shape index (κ3) is 3.15. The van der Waals surface area contributed by atoms with E-state index >= 15 is 0 Å². The number of fused-ring (bicyclic) bond motifs is 1. The molecule has 1 aliphatic heterocycles.